The minimum atomic E-state index is -0.575. The molecular weight excluding hydrogens is 472 g/mol. The summed E-state index contributed by atoms with van der Waals surface area (Å²) in [6.07, 6.45) is 7.60. The molecule has 2 aliphatic carbocycles. The number of nitrogens with zero attached hydrogens (tertiary/aromatic N) is 4. The highest BCUT2D eigenvalue weighted by atomic mass is 19.1. The predicted octanol–water partition coefficient (Wildman–Crippen LogP) is 4.94. The number of hydrogen-bond acceptors (Lipinski definition) is 5. The van der Waals surface area contributed by atoms with Crippen molar-refractivity contribution in [3.05, 3.63) is 47.2 Å². The number of aromatic nitrogens is 3. The second-order valence-corrected chi connectivity index (χ2v) is 10.6. The summed E-state index contributed by atoms with van der Waals surface area (Å²) in [5, 5.41) is 20.7. The van der Waals surface area contributed by atoms with Gasteiger partial charge in [0.2, 0.25) is 0 Å². The Morgan fingerprint density at radius 2 is 1.95 bits per heavy atom. The van der Waals surface area contributed by atoms with E-state index in [2.05, 4.69) is 11.2 Å². The normalized spacial score (nSPS) is 22.4. The number of anilines is 1. The second-order valence-electron chi connectivity index (χ2n) is 10.6. The second kappa shape index (κ2) is 7.90. The number of piperidine rings is 1. The molecule has 1 aliphatic heterocycles. The third-order valence-corrected chi connectivity index (χ3v) is 8.38. The summed E-state index contributed by atoms with van der Waals surface area (Å²) in [7, 11) is 1.93. The zero-order valence-electron chi connectivity index (χ0n) is 20.7. The zero-order valence-corrected chi connectivity index (χ0v) is 20.7. The van der Waals surface area contributed by atoms with Gasteiger partial charge in [0.25, 0.3) is 0 Å². The van der Waals surface area contributed by atoms with Crippen molar-refractivity contribution in [2.45, 2.75) is 31.7 Å². The van der Waals surface area contributed by atoms with Crippen LogP contribution in [0.3, 0.4) is 0 Å². The van der Waals surface area contributed by atoms with E-state index in [9.17, 15) is 9.50 Å². The van der Waals surface area contributed by atoms with Gasteiger partial charge in [-0.1, -0.05) is 12.0 Å². The van der Waals surface area contributed by atoms with E-state index in [1.807, 2.05) is 23.6 Å². The van der Waals surface area contributed by atoms with E-state index < -0.39 is 11.6 Å². The number of halogens is 2. The van der Waals surface area contributed by atoms with Gasteiger partial charge in [0, 0.05) is 30.5 Å². The molecule has 2 N–H and O–H groups in total. The molecule has 3 atom stereocenters. The molecule has 188 valence electrons. The minimum Gasteiger partial charge on any atom is -0.508 e. The molecule has 6 nitrogen and oxygen atoms in total. The van der Waals surface area contributed by atoms with Crippen LogP contribution in [0.1, 0.15) is 43.0 Å². The Hall–Kier alpha value is -3.70. The number of phenolic OH excluding ortho intramolecular Hbond substituents is 1. The number of benzene rings is 2. The van der Waals surface area contributed by atoms with Crippen LogP contribution < -0.4 is 10.2 Å². The molecular formula is C29H27F2N5O. The van der Waals surface area contributed by atoms with Crippen molar-refractivity contribution in [2.75, 3.05) is 31.6 Å². The van der Waals surface area contributed by atoms with Crippen LogP contribution in [0, 0.1) is 35.8 Å². The first-order valence-corrected chi connectivity index (χ1v) is 12.9. The molecule has 7 rings (SSSR count). The smallest absolute Gasteiger partial charge is 0.175 e. The third-order valence-electron chi connectivity index (χ3n) is 8.38. The molecule has 8 heteroatoms. The number of terminal acetylenes is 1. The molecule has 3 heterocycles. The molecule has 0 amide bonds. The Morgan fingerprint density at radius 1 is 1.19 bits per heavy atom. The number of aromatic hydroxyl groups is 1. The molecule has 2 aromatic carbocycles. The third kappa shape index (κ3) is 3.20. The van der Waals surface area contributed by atoms with Crippen molar-refractivity contribution < 1.29 is 13.9 Å². The van der Waals surface area contributed by atoms with E-state index in [1.54, 1.807) is 0 Å². The maximum atomic E-state index is 16.8. The van der Waals surface area contributed by atoms with E-state index in [0.29, 0.717) is 46.4 Å². The van der Waals surface area contributed by atoms with Crippen LogP contribution in [0.15, 0.2) is 24.3 Å². The summed E-state index contributed by atoms with van der Waals surface area (Å²) in [5.74, 6) is 3.23. The molecule has 37 heavy (non-hydrogen) atoms. The molecule has 2 saturated carbocycles. The Labute approximate surface area is 213 Å². The number of fused-ring (bicyclic) bond motifs is 3. The van der Waals surface area contributed by atoms with E-state index in [-0.39, 0.29) is 28.6 Å². The molecule has 3 fully saturated rings. The summed E-state index contributed by atoms with van der Waals surface area (Å²) in [4.78, 5) is 6.87. The average molecular weight is 500 g/mol. The minimum absolute atomic E-state index is 0.0221. The van der Waals surface area contributed by atoms with Crippen molar-refractivity contribution in [3.8, 4) is 29.4 Å². The van der Waals surface area contributed by atoms with E-state index >= 15 is 4.39 Å². The fourth-order valence-electron chi connectivity index (χ4n) is 6.20. The quantitative estimate of drug-likeness (QED) is 0.381. The maximum Gasteiger partial charge on any atom is 0.175 e. The summed E-state index contributed by atoms with van der Waals surface area (Å²) in [6.45, 7) is 4.59. The Bertz CT molecular complexity index is 1640. The number of rotatable bonds is 5. The van der Waals surface area contributed by atoms with Gasteiger partial charge in [-0.25, -0.2) is 13.8 Å². The monoisotopic (exact) mass is 499 g/mol. The topological polar surface area (TPSA) is 66.2 Å². The van der Waals surface area contributed by atoms with Gasteiger partial charge < -0.3 is 15.3 Å². The Balaban J connectivity index is 1.57. The van der Waals surface area contributed by atoms with E-state index in [1.165, 1.54) is 24.3 Å². The zero-order chi connectivity index (χ0) is 25.6. The lowest BCUT2D eigenvalue weighted by Gasteiger charge is -2.20. The highest BCUT2D eigenvalue weighted by molar-refractivity contribution is 6.04. The van der Waals surface area contributed by atoms with Crippen LogP contribution in [0.4, 0.5) is 14.6 Å². The largest absolute Gasteiger partial charge is 0.508 e. The molecule has 3 aliphatic rings. The molecule has 1 unspecified atom stereocenters. The van der Waals surface area contributed by atoms with Gasteiger partial charge in [0.15, 0.2) is 5.82 Å². The van der Waals surface area contributed by atoms with Crippen molar-refractivity contribution in [1.29, 1.82) is 0 Å². The fourth-order valence-corrected chi connectivity index (χ4v) is 6.20. The molecule has 0 spiro atoms. The van der Waals surface area contributed by atoms with Gasteiger partial charge in [-0.2, -0.15) is 5.10 Å². The van der Waals surface area contributed by atoms with E-state index in [0.717, 1.165) is 37.0 Å². The first-order valence-electron chi connectivity index (χ1n) is 12.9. The van der Waals surface area contributed by atoms with Crippen LogP contribution in [-0.4, -0.2) is 46.6 Å². The lowest BCUT2D eigenvalue weighted by atomic mass is 9.95. The summed E-state index contributed by atoms with van der Waals surface area (Å²) < 4.78 is 33.4. The summed E-state index contributed by atoms with van der Waals surface area (Å²) in [5.41, 5.74) is 1.70. The SMILES string of the molecule is C#Cc1c(F)ccc2cc(O)cc(-c3nc(N(C)CC)c4c(C5[C@H]6CNC[C@@H]56)nn(C5CC5)c4c3F)c12. The number of nitrogens with one attached hydrogen (secondary N) is 1. The lowest BCUT2D eigenvalue weighted by Crippen LogP contribution is -2.19. The van der Waals surface area contributed by atoms with Gasteiger partial charge in [-0.3, -0.25) is 4.68 Å². The van der Waals surface area contributed by atoms with Crippen LogP contribution in [-0.2, 0) is 0 Å². The van der Waals surface area contributed by atoms with Gasteiger partial charge in [0.05, 0.1) is 22.7 Å². The van der Waals surface area contributed by atoms with Crippen LogP contribution in [0.5, 0.6) is 5.75 Å². The van der Waals surface area contributed by atoms with E-state index in [4.69, 9.17) is 16.5 Å². The van der Waals surface area contributed by atoms with Crippen molar-refractivity contribution >= 4 is 27.5 Å². The first kappa shape index (κ1) is 22.5. The number of hydrogen-bond donors (Lipinski definition) is 2. The summed E-state index contributed by atoms with van der Waals surface area (Å²) in [6, 6.07) is 5.88. The summed E-state index contributed by atoms with van der Waals surface area (Å²) >= 11 is 0. The highest BCUT2D eigenvalue weighted by Gasteiger charge is 2.56. The van der Waals surface area contributed by atoms with Gasteiger partial charge >= 0.3 is 0 Å². The number of pyridine rings is 1. The maximum absolute atomic E-state index is 16.8. The van der Waals surface area contributed by atoms with Gasteiger partial charge in [-0.15, -0.1) is 6.42 Å². The standard InChI is InChI=1S/C29H27F2N5O/c1-4-17-21(30)9-6-14-10-16(37)11-18(22(14)17)26-25(31)28-24(29(33-26)35(3)5-2)27(34-36(28)15-7-8-15)23-19-12-32-13-20(19)23/h1,6,9-11,15,19-20,23,32,37H,5,7-8,12-13H2,2-3H3/t19-,20+,23?. The van der Waals surface area contributed by atoms with Gasteiger partial charge in [0.1, 0.15) is 28.6 Å². The van der Waals surface area contributed by atoms with Crippen molar-refractivity contribution in [1.82, 2.24) is 20.1 Å². The first-order chi connectivity index (χ1) is 17.9. The van der Waals surface area contributed by atoms with Crippen molar-refractivity contribution in [3.63, 3.8) is 0 Å². The Morgan fingerprint density at radius 3 is 2.62 bits per heavy atom. The van der Waals surface area contributed by atoms with Crippen molar-refractivity contribution in [2.24, 2.45) is 11.8 Å². The fraction of sp³-hybridized carbons (Fsp3) is 0.379. The molecule has 4 aromatic rings. The molecule has 2 aromatic heterocycles. The number of phenols is 1. The predicted molar refractivity (Wildman–Crippen MR) is 140 cm³/mol. The highest BCUT2D eigenvalue weighted by Crippen LogP contribution is 2.58. The van der Waals surface area contributed by atoms with Crippen LogP contribution >= 0.6 is 0 Å². The molecule has 0 bridgehead atoms. The lowest BCUT2D eigenvalue weighted by molar-refractivity contribution is 0.476. The average Bonchev–Trinajstić information content (AvgIpc) is 3.77. The molecule has 0 radical (unpaired) electrons. The van der Waals surface area contributed by atoms with Crippen LogP contribution in [0.25, 0.3) is 32.9 Å². The Kier molecular flexibility index (Phi) is 4.80. The molecule has 1 saturated heterocycles. The van der Waals surface area contributed by atoms with Crippen LogP contribution in [0.2, 0.25) is 0 Å². The van der Waals surface area contributed by atoms with Gasteiger partial charge in [-0.05, 0) is 68.3 Å².